The van der Waals surface area contributed by atoms with E-state index >= 15 is 0 Å². The highest BCUT2D eigenvalue weighted by Crippen LogP contribution is 2.13. The molecule has 0 heterocycles. The number of hydrogen-bond acceptors (Lipinski definition) is 4. The Morgan fingerprint density at radius 1 is 1.47 bits per heavy atom. The van der Waals surface area contributed by atoms with Crippen LogP contribution in [0.5, 0.6) is 0 Å². The van der Waals surface area contributed by atoms with Crippen LogP contribution in [0.2, 0.25) is 0 Å². The van der Waals surface area contributed by atoms with Crippen molar-refractivity contribution in [2.75, 3.05) is 0 Å². The second-order valence-electron chi connectivity index (χ2n) is 4.08. The van der Waals surface area contributed by atoms with Crippen molar-refractivity contribution in [2.24, 2.45) is 0 Å². The molecule has 15 heavy (non-hydrogen) atoms. The van der Waals surface area contributed by atoms with Crippen LogP contribution < -0.4 is 0 Å². The van der Waals surface area contributed by atoms with E-state index in [1.165, 1.54) is 13.8 Å². The van der Waals surface area contributed by atoms with Gasteiger partial charge in [0.1, 0.15) is 0 Å². The number of rotatable bonds is 7. The fraction of sp³-hybridized carbons (Fsp3) is 0.818. The first-order valence-electron chi connectivity index (χ1n) is 5.26. The van der Waals surface area contributed by atoms with Gasteiger partial charge in [0.25, 0.3) is 6.47 Å². The highest BCUT2D eigenvalue weighted by molar-refractivity contribution is 5.79. The van der Waals surface area contributed by atoms with Crippen molar-refractivity contribution in [3.63, 3.8) is 0 Å². The van der Waals surface area contributed by atoms with Gasteiger partial charge in [-0.2, -0.15) is 0 Å². The van der Waals surface area contributed by atoms with Gasteiger partial charge in [0.15, 0.2) is 0 Å². The molecule has 0 spiro atoms. The quantitative estimate of drug-likeness (QED) is 0.483. The Bertz CT molecular complexity index is 211. The number of carbonyl (C=O) groups is 2. The SMILES string of the molecule is CCCCC(C)OC(=O)C(C)(C)OC=O. The predicted octanol–water partition coefficient (Wildman–Crippen LogP) is 2.06. The zero-order chi connectivity index (χ0) is 11.9. The number of ether oxygens (including phenoxy) is 2. The Labute approximate surface area is 90.9 Å². The summed E-state index contributed by atoms with van der Waals surface area (Å²) in [6.45, 7) is 7.20. The Balaban J connectivity index is 4.05. The summed E-state index contributed by atoms with van der Waals surface area (Å²) in [4.78, 5) is 21.7. The second-order valence-corrected chi connectivity index (χ2v) is 4.08. The number of unbranched alkanes of at least 4 members (excludes halogenated alkanes) is 1. The molecule has 0 saturated carbocycles. The third-order valence-corrected chi connectivity index (χ3v) is 2.11. The van der Waals surface area contributed by atoms with Gasteiger partial charge in [-0.05, 0) is 27.2 Å². The molecule has 0 saturated heterocycles. The molecule has 0 aromatic carbocycles. The van der Waals surface area contributed by atoms with Gasteiger partial charge in [0, 0.05) is 0 Å². The molecule has 0 aliphatic rings. The smallest absolute Gasteiger partial charge is 0.350 e. The van der Waals surface area contributed by atoms with Gasteiger partial charge in [-0.1, -0.05) is 19.8 Å². The van der Waals surface area contributed by atoms with E-state index < -0.39 is 11.6 Å². The van der Waals surface area contributed by atoms with E-state index in [2.05, 4.69) is 11.7 Å². The Kier molecular flexibility index (Phi) is 5.97. The molecule has 0 aromatic heterocycles. The topological polar surface area (TPSA) is 52.6 Å². The van der Waals surface area contributed by atoms with E-state index in [0.717, 1.165) is 19.3 Å². The minimum atomic E-state index is -1.19. The van der Waals surface area contributed by atoms with Gasteiger partial charge in [-0.25, -0.2) is 4.79 Å². The van der Waals surface area contributed by atoms with E-state index in [9.17, 15) is 9.59 Å². The average molecular weight is 216 g/mol. The molecule has 0 rings (SSSR count). The van der Waals surface area contributed by atoms with E-state index in [4.69, 9.17) is 4.74 Å². The standard InChI is InChI=1S/C11H20O4/c1-5-6-7-9(2)15-10(13)11(3,4)14-8-12/h8-9H,5-7H2,1-4H3. The molecule has 1 unspecified atom stereocenters. The molecule has 0 aromatic rings. The first-order valence-corrected chi connectivity index (χ1v) is 5.26. The molecular formula is C11H20O4. The van der Waals surface area contributed by atoms with Gasteiger partial charge < -0.3 is 9.47 Å². The predicted molar refractivity (Wildman–Crippen MR) is 56.3 cm³/mol. The first-order chi connectivity index (χ1) is 6.94. The van der Waals surface area contributed by atoms with E-state index in [0.29, 0.717) is 0 Å². The van der Waals surface area contributed by atoms with Crippen LogP contribution in [-0.4, -0.2) is 24.1 Å². The van der Waals surface area contributed by atoms with Gasteiger partial charge in [0.05, 0.1) is 6.10 Å². The monoisotopic (exact) mass is 216 g/mol. The minimum absolute atomic E-state index is 0.132. The van der Waals surface area contributed by atoms with Crippen LogP contribution in [0, 0.1) is 0 Å². The van der Waals surface area contributed by atoms with Crippen LogP contribution in [-0.2, 0) is 19.1 Å². The lowest BCUT2D eigenvalue weighted by Gasteiger charge is -2.23. The lowest BCUT2D eigenvalue weighted by Crippen LogP contribution is -2.38. The summed E-state index contributed by atoms with van der Waals surface area (Å²) in [5, 5.41) is 0. The summed E-state index contributed by atoms with van der Waals surface area (Å²) in [7, 11) is 0. The fourth-order valence-corrected chi connectivity index (χ4v) is 1.04. The van der Waals surface area contributed by atoms with E-state index in [-0.39, 0.29) is 12.6 Å². The number of esters is 1. The Hall–Kier alpha value is -1.06. The molecule has 0 aliphatic carbocycles. The molecule has 4 nitrogen and oxygen atoms in total. The maximum Gasteiger partial charge on any atom is 0.350 e. The van der Waals surface area contributed by atoms with Crippen molar-refractivity contribution >= 4 is 12.4 Å². The molecule has 0 aliphatic heterocycles. The van der Waals surface area contributed by atoms with Crippen molar-refractivity contribution in [3.05, 3.63) is 0 Å². The molecule has 1 atom stereocenters. The van der Waals surface area contributed by atoms with E-state index in [1.54, 1.807) is 0 Å². The van der Waals surface area contributed by atoms with Crippen molar-refractivity contribution in [1.82, 2.24) is 0 Å². The molecule has 0 amide bonds. The van der Waals surface area contributed by atoms with Crippen molar-refractivity contribution in [1.29, 1.82) is 0 Å². The Morgan fingerprint density at radius 3 is 2.53 bits per heavy atom. The largest absolute Gasteiger partial charge is 0.460 e. The highest BCUT2D eigenvalue weighted by atomic mass is 16.6. The summed E-state index contributed by atoms with van der Waals surface area (Å²) in [6.07, 6.45) is 2.78. The van der Waals surface area contributed by atoms with Crippen LogP contribution in [0.4, 0.5) is 0 Å². The maximum atomic E-state index is 11.5. The molecular weight excluding hydrogens is 196 g/mol. The molecule has 4 heteroatoms. The normalized spacial score (nSPS) is 13.1. The molecule has 0 N–H and O–H groups in total. The number of carbonyl (C=O) groups excluding carboxylic acids is 2. The highest BCUT2D eigenvalue weighted by Gasteiger charge is 2.32. The Morgan fingerprint density at radius 2 is 2.07 bits per heavy atom. The van der Waals surface area contributed by atoms with Crippen molar-refractivity contribution < 1.29 is 19.1 Å². The summed E-state index contributed by atoms with van der Waals surface area (Å²) < 4.78 is 9.79. The van der Waals surface area contributed by atoms with Gasteiger partial charge in [-0.15, -0.1) is 0 Å². The number of hydrogen-bond donors (Lipinski definition) is 0. The first kappa shape index (κ1) is 13.9. The van der Waals surface area contributed by atoms with Crippen molar-refractivity contribution in [3.8, 4) is 0 Å². The lowest BCUT2D eigenvalue weighted by atomic mass is 10.1. The zero-order valence-electron chi connectivity index (χ0n) is 9.91. The molecule has 0 fully saturated rings. The summed E-state index contributed by atoms with van der Waals surface area (Å²) in [6, 6.07) is 0. The summed E-state index contributed by atoms with van der Waals surface area (Å²) >= 11 is 0. The lowest BCUT2D eigenvalue weighted by molar-refractivity contribution is -0.175. The molecule has 0 radical (unpaired) electrons. The van der Waals surface area contributed by atoms with Gasteiger partial charge >= 0.3 is 5.97 Å². The summed E-state index contributed by atoms with van der Waals surface area (Å²) in [5.74, 6) is -0.502. The van der Waals surface area contributed by atoms with Crippen LogP contribution in [0.15, 0.2) is 0 Å². The van der Waals surface area contributed by atoms with E-state index in [1.807, 2.05) is 6.92 Å². The maximum absolute atomic E-state index is 11.5. The van der Waals surface area contributed by atoms with Crippen LogP contribution in [0.25, 0.3) is 0 Å². The summed E-state index contributed by atoms with van der Waals surface area (Å²) in [5.41, 5.74) is -1.19. The third kappa shape index (κ3) is 5.40. The van der Waals surface area contributed by atoms with Crippen LogP contribution in [0.1, 0.15) is 47.0 Å². The molecule has 88 valence electrons. The van der Waals surface area contributed by atoms with Crippen LogP contribution in [0.3, 0.4) is 0 Å². The minimum Gasteiger partial charge on any atom is -0.460 e. The second kappa shape index (κ2) is 6.43. The molecule has 0 bridgehead atoms. The van der Waals surface area contributed by atoms with Gasteiger partial charge in [0.2, 0.25) is 5.60 Å². The zero-order valence-corrected chi connectivity index (χ0v) is 9.91. The average Bonchev–Trinajstić information content (AvgIpc) is 2.14. The third-order valence-electron chi connectivity index (χ3n) is 2.11. The van der Waals surface area contributed by atoms with Crippen molar-refractivity contribution in [2.45, 2.75) is 58.7 Å². The van der Waals surface area contributed by atoms with Gasteiger partial charge in [-0.3, -0.25) is 4.79 Å². The van der Waals surface area contributed by atoms with Crippen LogP contribution >= 0.6 is 0 Å². The fourth-order valence-electron chi connectivity index (χ4n) is 1.04.